The average molecular weight is 331 g/mol. The predicted molar refractivity (Wildman–Crippen MR) is 85.9 cm³/mol. The van der Waals surface area contributed by atoms with Gasteiger partial charge in [-0.05, 0) is 31.0 Å². The molecule has 6 heteroatoms. The summed E-state index contributed by atoms with van der Waals surface area (Å²) >= 11 is 12.0. The summed E-state index contributed by atoms with van der Waals surface area (Å²) in [6.07, 6.45) is 1.00. The molecule has 2 rings (SSSR count). The summed E-state index contributed by atoms with van der Waals surface area (Å²) in [7, 11) is 0. The van der Waals surface area contributed by atoms with Gasteiger partial charge in [-0.1, -0.05) is 36.2 Å². The van der Waals surface area contributed by atoms with E-state index in [2.05, 4.69) is 10.2 Å². The highest BCUT2D eigenvalue weighted by atomic mass is 35.5. The van der Waals surface area contributed by atoms with Crippen LogP contribution in [0.15, 0.2) is 18.2 Å². The minimum atomic E-state index is -0.306. The summed E-state index contributed by atoms with van der Waals surface area (Å²) in [4.78, 5) is 14.1. The molecule has 4 nitrogen and oxygen atoms in total. The molecule has 0 spiro atoms. The molecule has 0 bridgehead atoms. The van der Waals surface area contributed by atoms with Gasteiger partial charge in [-0.3, -0.25) is 4.79 Å². The van der Waals surface area contributed by atoms with Crippen molar-refractivity contribution in [3.8, 4) is 0 Å². The third-order valence-electron chi connectivity index (χ3n) is 3.89. The molecule has 1 aliphatic rings. The Hall–Kier alpha value is -0.810. The number of carbonyl (C=O) groups is 1. The fourth-order valence-electron chi connectivity index (χ4n) is 2.40. The number of amides is 1. The van der Waals surface area contributed by atoms with Gasteiger partial charge in [0, 0.05) is 19.5 Å². The number of anilines is 1. The van der Waals surface area contributed by atoms with Crippen molar-refractivity contribution in [1.29, 1.82) is 0 Å². The maximum atomic E-state index is 12.0. The number of nitrogens with zero attached hydrogens (tertiary/aromatic N) is 1. The highest BCUT2D eigenvalue weighted by molar-refractivity contribution is 6.39. The van der Waals surface area contributed by atoms with Crippen molar-refractivity contribution in [2.75, 3.05) is 25.0 Å². The molecule has 1 aliphatic heterocycles. The molecule has 0 aromatic heterocycles. The summed E-state index contributed by atoms with van der Waals surface area (Å²) < 4.78 is 0. The first kappa shape index (κ1) is 16.6. The third-order valence-corrected chi connectivity index (χ3v) is 4.51. The zero-order valence-corrected chi connectivity index (χ0v) is 13.5. The lowest BCUT2D eigenvalue weighted by molar-refractivity contribution is -0.116. The molecule has 0 radical (unpaired) electrons. The van der Waals surface area contributed by atoms with Gasteiger partial charge in [-0.25, -0.2) is 0 Å². The molecule has 21 heavy (non-hydrogen) atoms. The third kappa shape index (κ3) is 4.58. The van der Waals surface area contributed by atoms with Crippen molar-refractivity contribution >= 4 is 34.8 Å². The minimum absolute atomic E-state index is 0.127. The highest BCUT2D eigenvalue weighted by Gasteiger charge is 2.24. The van der Waals surface area contributed by atoms with E-state index in [0.29, 0.717) is 41.2 Å². The topological polar surface area (TPSA) is 52.6 Å². The van der Waals surface area contributed by atoms with E-state index in [-0.39, 0.29) is 12.0 Å². The molecule has 1 amide bonds. The van der Waals surface area contributed by atoms with Crippen molar-refractivity contribution < 1.29 is 9.90 Å². The molecule has 0 saturated carbocycles. The molecular formula is C15H20Cl2N2O2. The fourth-order valence-corrected chi connectivity index (χ4v) is 2.89. The number of hydrogen-bond acceptors (Lipinski definition) is 3. The standard InChI is InChI=1S/C15H20Cl2N2O2/c1-10-5-7-19(9-13(10)20)8-6-14(21)18-15-11(16)3-2-4-12(15)17/h2-4,10,13,20H,5-9H2,1H3,(H,18,21). The Bertz CT molecular complexity index is 490. The fraction of sp³-hybridized carbons (Fsp3) is 0.533. The van der Waals surface area contributed by atoms with E-state index in [9.17, 15) is 9.90 Å². The van der Waals surface area contributed by atoms with Crippen LogP contribution < -0.4 is 5.32 Å². The molecule has 2 unspecified atom stereocenters. The molecule has 1 fully saturated rings. The van der Waals surface area contributed by atoms with Gasteiger partial charge in [-0.2, -0.15) is 0 Å². The van der Waals surface area contributed by atoms with Crippen LogP contribution in [0.5, 0.6) is 0 Å². The van der Waals surface area contributed by atoms with Crippen molar-refractivity contribution in [2.24, 2.45) is 5.92 Å². The van der Waals surface area contributed by atoms with Gasteiger partial charge in [0.15, 0.2) is 0 Å². The van der Waals surface area contributed by atoms with Gasteiger partial charge in [0.25, 0.3) is 0 Å². The Balaban J connectivity index is 1.83. The maximum absolute atomic E-state index is 12.0. The molecule has 1 aromatic rings. The van der Waals surface area contributed by atoms with E-state index in [0.717, 1.165) is 13.0 Å². The van der Waals surface area contributed by atoms with Crippen molar-refractivity contribution in [2.45, 2.75) is 25.9 Å². The Kier molecular flexibility index (Phi) is 5.88. The molecule has 0 aliphatic carbocycles. The summed E-state index contributed by atoms with van der Waals surface area (Å²) in [5, 5.41) is 13.4. The van der Waals surface area contributed by atoms with Crippen LogP contribution in [-0.2, 0) is 4.79 Å². The van der Waals surface area contributed by atoms with E-state index in [1.165, 1.54) is 0 Å². The molecule has 1 heterocycles. The van der Waals surface area contributed by atoms with Gasteiger partial charge >= 0.3 is 0 Å². The normalized spacial score (nSPS) is 23.0. The summed E-state index contributed by atoms with van der Waals surface area (Å²) in [6.45, 7) is 4.21. The number of halogens is 2. The zero-order valence-electron chi connectivity index (χ0n) is 12.0. The number of hydrogen-bond donors (Lipinski definition) is 2. The number of β-amino-alcohol motifs (C(OH)–C–C–N with tert-alkyl or cyclic N) is 1. The summed E-state index contributed by atoms with van der Waals surface area (Å²) in [5.74, 6) is 0.204. The van der Waals surface area contributed by atoms with Crippen LogP contribution in [-0.4, -0.2) is 41.7 Å². The molecule has 116 valence electrons. The Morgan fingerprint density at radius 1 is 1.43 bits per heavy atom. The van der Waals surface area contributed by atoms with Crippen molar-refractivity contribution in [3.63, 3.8) is 0 Å². The lowest BCUT2D eigenvalue weighted by Gasteiger charge is -2.34. The molecular weight excluding hydrogens is 311 g/mol. The SMILES string of the molecule is CC1CCN(CCC(=O)Nc2c(Cl)cccc2Cl)CC1O. The van der Waals surface area contributed by atoms with E-state index in [4.69, 9.17) is 23.2 Å². The first-order chi connectivity index (χ1) is 9.97. The lowest BCUT2D eigenvalue weighted by Crippen LogP contribution is -2.43. The van der Waals surface area contributed by atoms with Crippen LogP contribution in [0.1, 0.15) is 19.8 Å². The zero-order chi connectivity index (χ0) is 15.4. The molecule has 1 saturated heterocycles. The number of benzene rings is 1. The number of carbonyl (C=O) groups excluding carboxylic acids is 1. The Morgan fingerprint density at radius 2 is 2.10 bits per heavy atom. The summed E-state index contributed by atoms with van der Waals surface area (Å²) in [5.41, 5.74) is 0.457. The number of para-hydroxylation sites is 1. The number of aliphatic hydroxyl groups is 1. The second-order valence-electron chi connectivity index (χ2n) is 5.53. The van der Waals surface area contributed by atoms with Crippen LogP contribution in [0, 0.1) is 5.92 Å². The Morgan fingerprint density at radius 3 is 2.71 bits per heavy atom. The van der Waals surface area contributed by atoms with Crippen molar-refractivity contribution in [3.05, 3.63) is 28.2 Å². The second-order valence-corrected chi connectivity index (χ2v) is 6.34. The van der Waals surface area contributed by atoms with E-state index >= 15 is 0 Å². The van der Waals surface area contributed by atoms with Crippen molar-refractivity contribution in [1.82, 2.24) is 4.90 Å². The van der Waals surface area contributed by atoms with Crippen LogP contribution in [0.2, 0.25) is 10.0 Å². The predicted octanol–water partition coefficient (Wildman–Crippen LogP) is 3.02. The van der Waals surface area contributed by atoms with Crippen LogP contribution in [0.4, 0.5) is 5.69 Å². The summed E-state index contributed by atoms with van der Waals surface area (Å²) in [6, 6.07) is 5.10. The van der Waals surface area contributed by atoms with Crippen LogP contribution in [0.25, 0.3) is 0 Å². The van der Waals surface area contributed by atoms with Gasteiger partial charge in [0.1, 0.15) is 0 Å². The molecule has 2 N–H and O–H groups in total. The van der Waals surface area contributed by atoms with Gasteiger partial charge in [0.2, 0.25) is 5.91 Å². The average Bonchev–Trinajstić information content (AvgIpc) is 2.44. The maximum Gasteiger partial charge on any atom is 0.225 e. The molecule has 2 atom stereocenters. The first-order valence-corrected chi connectivity index (χ1v) is 7.87. The van der Waals surface area contributed by atoms with E-state index < -0.39 is 0 Å². The second kappa shape index (κ2) is 7.45. The number of nitrogens with one attached hydrogen (secondary N) is 1. The van der Waals surface area contributed by atoms with Gasteiger partial charge < -0.3 is 15.3 Å². The Labute approximate surface area is 135 Å². The highest BCUT2D eigenvalue weighted by Crippen LogP contribution is 2.29. The molecule has 1 aromatic carbocycles. The minimum Gasteiger partial charge on any atom is -0.392 e. The first-order valence-electron chi connectivity index (χ1n) is 7.11. The van der Waals surface area contributed by atoms with E-state index in [1.807, 2.05) is 6.92 Å². The number of rotatable bonds is 4. The largest absolute Gasteiger partial charge is 0.392 e. The lowest BCUT2D eigenvalue weighted by atomic mass is 9.96. The van der Waals surface area contributed by atoms with Crippen LogP contribution in [0.3, 0.4) is 0 Å². The smallest absolute Gasteiger partial charge is 0.225 e. The van der Waals surface area contributed by atoms with E-state index in [1.54, 1.807) is 18.2 Å². The monoisotopic (exact) mass is 330 g/mol. The number of aliphatic hydroxyl groups excluding tert-OH is 1. The van der Waals surface area contributed by atoms with Gasteiger partial charge in [-0.15, -0.1) is 0 Å². The quantitative estimate of drug-likeness (QED) is 0.892. The number of piperidine rings is 1. The van der Waals surface area contributed by atoms with Gasteiger partial charge in [0.05, 0.1) is 21.8 Å². The number of likely N-dealkylation sites (tertiary alicyclic amines) is 1. The van der Waals surface area contributed by atoms with Crippen LogP contribution >= 0.6 is 23.2 Å².